The first-order chi connectivity index (χ1) is 12.6. The zero-order valence-corrected chi connectivity index (χ0v) is 19.3. The van der Waals surface area contributed by atoms with Crippen molar-refractivity contribution < 1.29 is 4.74 Å². The van der Waals surface area contributed by atoms with Gasteiger partial charge in [-0.3, -0.25) is 10.3 Å². The van der Waals surface area contributed by atoms with Gasteiger partial charge in [-0.2, -0.15) is 5.10 Å². The minimum Gasteiger partial charge on any atom is -0.379 e. The van der Waals surface area contributed by atoms with Crippen LogP contribution in [0.1, 0.15) is 11.6 Å². The molecule has 0 aliphatic carbocycles. The molecule has 1 unspecified atom stereocenters. The van der Waals surface area contributed by atoms with Gasteiger partial charge in [0.15, 0.2) is 0 Å². The van der Waals surface area contributed by atoms with E-state index in [4.69, 9.17) is 16.3 Å². The van der Waals surface area contributed by atoms with Gasteiger partial charge >= 0.3 is 0 Å². The third-order valence-corrected chi connectivity index (χ3v) is 6.03. The molecule has 1 aliphatic rings. The molecule has 0 bridgehead atoms. The summed E-state index contributed by atoms with van der Waals surface area (Å²) in [7, 11) is 0. The predicted molar refractivity (Wildman–Crippen MR) is 118 cm³/mol. The van der Waals surface area contributed by atoms with Gasteiger partial charge in [-0.1, -0.05) is 57.9 Å². The number of benzene rings is 2. The third-order valence-electron chi connectivity index (χ3n) is 4.03. The van der Waals surface area contributed by atoms with Crippen LogP contribution in [-0.4, -0.2) is 36.4 Å². The molecule has 1 heterocycles. The number of morpholine rings is 1. The first-order valence-corrected chi connectivity index (χ1v) is 10.8. The zero-order valence-electron chi connectivity index (χ0n) is 13.8. The van der Waals surface area contributed by atoms with E-state index in [-0.39, 0.29) is 6.04 Å². The molecule has 2 aromatic carbocycles. The molecule has 0 aromatic heterocycles. The number of hydrogen-bond acceptors (Lipinski definition) is 4. The van der Waals surface area contributed by atoms with Crippen LogP contribution in [0.2, 0.25) is 0 Å². The number of rotatable bonds is 5. The molecule has 1 atom stereocenters. The third kappa shape index (κ3) is 5.09. The molecule has 26 heavy (non-hydrogen) atoms. The van der Waals surface area contributed by atoms with Crippen LogP contribution in [0.3, 0.4) is 0 Å². The highest BCUT2D eigenvalue weighted by atomic mass is 79.9. The average Bonchev–Trinajstić information content (AvgIpc) is 2.63. The summed E-state index contributed by atoms with van der Waals surface area (Å²) in [4.78, 5) is 2.29. The molecule has 0 saturated carbocycles. The Morgan fingerprint density at radius 2 is 1.69 bits per heavy atom. The van der Waals surface area contributed by atoms with Crippen LogP contribution in [0.5, 0.6) is 0 Å². The molecule has 1 saturated heterocycles. The lowest BCUT2D eigenvalue weighted by Crippen LogP contribution is -2.41. The van der Waals surface area contributed by atoms with E-state index in [2.05, 4.69) is 75.3 Å². The summed E-state index contributed by atoms with van der Waals surface area (Å²) in [6, 6.07) is 14.0. The second-order valence-electron chi connectivity index (χ2n) is 5.75. The molecule has 2 aromatic rings. The summed E-state index contributed by atoms with van der Waals surface area (Å²) in [5.74, 6) is 0. The maximum absolute atomic E-state index is 6.67. The molecule has 4 nitrogen and oxygen atoms in total. The summed E-state index contributed by atoms with van der Waals surface area (Å²) in [6.45, 7) is 3.03. The van der Waals surface area contributed by atoms with Crippen LogP contribution in [-0.2, 0) is 4.74 Å². The van der Waals surface area contributed by atoms with Gasteiger partial charge in [0.2, 0.25) is 0 Å². The summed E-state index contributed by atoms with van der Waals surface area (Å²) in [5, 5.41) is 4.96. The second kappa shape index (κ2) is 9.66. The van der Waals surface area contributed by atoms with Crippen LogP contribution in [0.4, 0.5) is 5.69 Å². The van der Waals surface area contributed by atoms with Crippen molar-refractivity contribution in [2.75, 3.05) is 31.7 Å². The maximum Gasteiger partial charge on any atom is 0.148 e. The second-order valence-corrected chi connectivity index (χ2v) is 8.76. The zero-order chi connectivity index (χ0) is 18.5. The number of hydrazone groups is 1. The highest BCUT2D eigenvalue weighted by Crippen LogP contribution is 2.35. The van der Waals surface area contributed by atoms with Crippen molar-refractivity contribution in [2.24, 2.45) is 5.10 Å². The van der Waals surface area contributed by atoms with Crippen molar-refractivity contribution in [3.8, 4) is 0 Å². The van der Waals surface area contributed by atoms with Gasteiger partial charge in [0.05, 0.1) is 24.9 Å². The number of nitrogens with zero attached hydrogens (tertiary/aromatic N) is 2. The maximum atomic E-state index is 6.67. The topological polar surface area (TPSA) is 36.9 Å². The van der Waals surface area contributed by atoms with Gasteiger partial charge in [-0.25, -0.2) is 0 Å². The molecule has 1 fully saturated rings. The van der Waals surface area contributed by atoms with Crippen LogP contribution in [0, 0.1) is 0 Å². The van der Waals surface area contributed by atoms with Gasteiger partial charge in [0.1, 0.15) is 5.17 Å². The van der Waals surface area contributed by atoms with E-state index >= 15 is 0 Å². The fraction of sp³-hybridized carbons (Fsp3) is 0.278. The monoisotopic (exact) mass is 563 g/mol. The molecular formula is C18H17Br3ClN3O. The summed E-state index contributed by atoms with van der Waals surface area (Å²) >= 11 is 17.2. The van der Waals surface area contributed by atoms with Gasteiger partial charge in [-0.05, 0) is 49.6 Å². The largest absolute Gasteiger partial charge is 0.379 e. The number of nitrogens with one attached hydrogen (secondary N) is 1. The lowest BCUT2D eigenvalue weighted by Gasteiger charge is -2.33. The molecule has 3 rings (SSSR count). The summed E-state index contributed by atoms with van der Waals surface area (Å²) in [5.41, 5.74) is 5.01. The van der Waals surface area contributed by atoms with Crippen LogP contribution < -0.4 is 5.43 Å². The standard InChI is InChI=1S/C18H17Br3ClN3O/c19-13-10-14(20)16(15(21)11-13)23-24-18(22)17(12-4-2-1-3-5-12)25-6-8-26-9-7-25/h1-5,10-11,17,23H,6-9H2/b24-18-. The smallest absolute Gasteiger partial charge is 0.148 e. The van der Waals surface area contributed by atoms with Crippen LogP contribution in [0.15, 0.2) is 61.0 Å². The van der Waals surface area contributed by atoms with Crippen molar-refractivity contribution in [1.29, 1.82) is 0 Å². The average molecular weight is 567 g/mol. The molecule has 0 amide bonds. The predicted octanol–water partition coefficient (Wildman–Crippen LogP) is 6.01. The quantitative estimate of drug-likeness (QED) is 0.356. The Hall–Kier alpha value is -0.440. The van der Waals surface area contributed by atoms with Gasteiger partial charge in [0, 0.05) is 26.5 Å². The summed E-state index contributed by atoms with van der Waals surface area (Å²) < 4.78 is 8.21. The normalized spacial score (nSPS) is 17.2. The fourth-order valence-electron chi connectivity index (χ4n) is 2.79. The number of hydrogen-bond donors (Lipinski definition) is 1. The lowest BCUT2D eigenvalue weighted by atomic mass is 10.1. The van der Waals surface area contributed by atoms with E-state index in [0.29, 0.717) is 18.4 Å². The molecule has 1 aliphatic heterocycles. The summed E-state index contributed by atoms with van der Waals surface area (Å²) in [6.07, 6.45) is 0. The van der Waals surface area contributed by atoms with E-state index in [1.54, 1.807) is 0 Å². The van der Waals surface area contributed by atoms with Crippen molar-refractivity contribution in [1.82, 2.24) is 4.90 Å². The Morgan fingerprint density at radius 3 is 2.31 bits per heavy atom. The van der Waals surface area contributed by atoms with Crippen LogP contribution in [0.25, 0.3) is 0 Å². The Kier molecular flexibility index (Phi) is 7.54. The van der Waals surface area contributed by atoms with E-state index < -0.39 is 0 Å². The molecule has 0 radical (unpaired) electrons. The van der Waals surface area contributed by atoms with Crippen molar-refractivity contribution in [2.45, 2.75) is 6.04 Å². The highest BCUT2D eigenvalue weighted by Gasteiger charge is 2.26. The van der Waals surface area contributed by atoms with Crippen LogP contribution >= 0.6 is 59.4 Å². The van der Waals surface area contributed by atoms with Gasteiger partial charge < -0.3 is 4.74 Å². The van der Waals surface area contributed by atoms with E-state index in [9.17, 15) is 0 Å². The Bertz CT molecular complexity index is 760. The molecule has 138 valence electrons. The first kappa shape index (κ1) is 20.3. The Labute approximate surface area is 183 Å². The molecule has 8 heteroatoms. The van der Waals surface area contributed by atoms with E-state index in [1.165, 1.54) is 0 Å². The van der Waals surface area contributed by atoms with E-state index in [0.717, 1.165) is 37.8 Å². The van der Waals surface area contributed by atoms with Crippen molar-refractivity contribution in [3.05, 3.63) is 61.4 Å². The fourth-order valence-corrected chi connectivity index (χ4v) is 5.53. The van der Waals surface area contributed by atoms with Crippen molar-refractivity contribution in [3.63, 3.8) is 0 Å². The highest BCUT2D eigenvalue weighted by molar-refractivity contribution is 9.11. The number of anilines is 1. The Morgan fingerprint density at radius 1 is 1.08 bits per heavy atom. The minimum atomic E-state index is -0.109. The minimum absolute atomic E-state index is 0.109. The number of halogens is 4. The Balaban J connectivity index is 1.87. The molecule has 0 spiro atoms. The SMILES string of the molecule is Cl/C(=N\Nc1c(Br)cc(Br)cc1Br)C(c1ccccc1)N1CCOCC1. The van der Waals surface area contributed by atoms with E-state index in [1.807, 2.05) is 30.3 Å². The molecular weight excluding hydrogens is 549 g/mol. The first-order valence-electron chi connectivity index (χ1n) is 8.06. The van der Waals surface area contributed by atoms with Crippen molar-refractivity contribution >= 4 is 70.2 Å². The lowest BCUT2D eigenvalue weighted by molar-refractivity contribution is 0.0291. The number of ether oxygens (including phenoxy) is 1. The van der Waals surface area contributed by atoms with Gasteiger partial charge in [0.25, 0.3) is 0 Å². The molecule has 1 N–H and O–H groups in total. The van der Waals surface area contributed by atoms with Gasteiger partial charge in [-0.15, -0.1) is 0 Å².